The Morgan fingerprint density at radius 1 is 0.760 bits per heavy atom. The Morgan fingerprint density at radius 3 is 1.64 bits per heavy atom. The van der Waals surface area contributed by atoms with E-state index in [4.69, 9.17) is 10.8 Å². The van der Waals surface area contributed by atoms with Crippen LogP contribution in [0.4, 0.5) is 0 Å². The van der Waals surface area contributed by atoms with Crippen LogP contribution < -0.4 is 21.7 Å². The molecule has 0 aromatic rings. The van der Waals surface area contributed by atoms with E-state index in [1.807, 2.05) is 0 Å². The van der Waals surface area contributed by atoms with E-state index in [0.29, 0.717) is 0 Å². The molecule has 25 heavy (non-hydrogen) atoms. The summed E-state index contributed by atoms with van der Waals surface area (Å²) in [7, 11) is 0. The van der Waals surface area contributed by atoms with Crippen LogP contribution in [0.3, 0.4) is 0 Å². The van der Waals surface area contributed by atoms with Crippen LogP contribution in [0.1, 0.15) is 27.7 Å². The van der Waals surface area contributed by atoms with Gasteiger partial charge in [0.2, 0.25) is 17.7 Å². The average Bonchev–Trinajstić information content (AvgIpc) is 2.50. The zero-order valence-corrected chi connectivity index (χ0v) is 14.5. The smallest absolute Gasteiger partial charge is 0.325 e. The summed E-state index contributed by atoms with van der Waals surface area (Å²) in [5, 5.41) is 34.3. The van der Waals surface area contributed by atoms with Crippen molar-refractivity contribution in [3.63, 3.8) is 0 Å². The minimum Gasteiger partial charge on any atom is -0.480 e. The lowest BCUT2D eigenvalue weighted by atomic mass is 10.1. The highest BCUT2D eigenvalue weighted by Crippen LogP contribution is 1.98. The van der Waals surface area contributed by atoms with Gasteiger partial charge in [-0.1, -0.05) is 0 Å². The molecule has 0 aliphatic heterocycles. The predicted octanol–water partition coefficient (Wildman–Crippen LogP) is -3.35. The number of hydrogen-bond acceptors (Lipinski definition) is 7. The van der Waals surface area contributed by atoms with Crippen molar-refractivity contribution in [1.29, 1.82) is 0 Å². The molecule has 11 heteroatoms. The Bertz CT molecular complexity index is 509. The molecular formula is C14H26N4O7. The first-order valence-electron chi connectivity index (χ1n) is 7.64. The lowest BCUT2D eigenvalue weighted by Gasteiger charge is -2.24. The van der Waals surface area contributed by atoms with E-state index in [1.165, 1.54) is 27.7 Å². The number of carboxylic acids is 1. The fourth-order valence-electron chi connectivity index (χ4n) is 1.64. The van der Waals surface area contributed by atoms with Crippen molar-refractivity contribution >= 4 is 23.7 Å². The summed E-state index contributed by atoms with van der Waals surface area (Å²) >= 11 is 0. The third-order valence-corrected chi connectivity index (χ3v) is 3.37. The minimum atomic E-state index is -1.42. The maximum atomic E-state index is 12.1. The molecule has 11 nitrogen and oxygen atoms in total. The number of carbonyl (C=O) groups excluding carboxylic acids is 3. The molecule has 0 rings (SSSR count). The number of rotatable bonds is 9. The van der Waals surface area contributed by atoms with Crippen LogP contribution in [0.25, 0.3) is 0 Å². The Labute approximate surface area is 145 Å². The second kappa shape index (κ2) is 9.91. The Balaban J connectivity index is 4.86. The maximum absolute atomic E-state index is 12.1. The second-order valence-corrected chi connectivity index (χ2v) is 5.79. The number of carboxylic acid groups (broad SMARTS) is 1. The minimum absolute atomic E-state index is 0.768. The summed E-state index contributed by atoms with van der Waals surface area (Å²) in [5.74, 6) is -3.74. The molecule has 0 aliphatic rings. The lowest BCUT2D eigenvalue weighted by molar-refractivity contribution is -0.142. The van der Waals surface area contributed by atoms with Crippen LogP contribution in [0, 0.1) is 0 Å². The van der Waals surface area contributed by atoms with Gasteiger partial charge in [0.15, 0.2) is 0 Å². The van der Waals surface area contributed by atoms with Crippen molar-refractivity contribution in [3.05, 3.63) is 0 Å². The number of hydrogen-bond donors (Lipinski definition) is 7. The van der Waals surface area contributed by atoms with Crippen molar-refractivity contribution < 1.29 is 34.5 Å². The van der Waals surface area contributed by atoms with Gasteiger partial charge in [-0.05, 0) is 27.7 Å². The summed E-state index contributed by atoms with van der Waals surface area (Å²) in [6, 6.07) is -4.98. The third-order valence-electron chi connectivity index (χ3n) is 3.37. The monoisotopic (exact) mass is 362 g/mol. The number of aliphatic hydroxyl groups excluding tert-OH is 2. The van der Waals surface area contributed by atoms with Gasteiger partial charge in [0, 0.05) is 0 Å². The fraction of sp³-hybridized carbons (Fsp3) is 0.714. The van der Waals surface area contributed by atoms with Gasteiger partial charge in [0.05, 0.1) is 12.2 Å². The summed E-state index contributed by atoms with van der Waals surface area (Å²) in [5.41, 5.74) is 5.44. The zero-order chi connectivity index (χ0) is 19.9. The van der Waals surface area contributed by atoms with E-state index in [0.717, 1.165) is 0 Å². The van der Waals surface area contributed by atoms with Gasteiger partial charge < -0.3 is 37.0 Å². The summed E-state index contributed by atoms with van der Waals surface area (Å²) in [4.78, 5) is 46.5. The number of carbonyl (C=O) groups is 4. The number of amides is 3. The molecule has 0 spiro atoms. The number of aliphatic hydroxyl groups is 2. The van der Waals surface area contributed by atoms with Crippen LogP contribution in [0.15, 0.2) is 0 Å². The average molecular weight is 362 g/mol. The molecule has 0 fully saturated rings. The molecule has 0 aromatic heterocycles. The Hall–Kier alpha value is -2.24. The SMILES string of the molecule is CC(NC(=O)C(NC(=O)C(C)NC(=O)C(N)C(C)O)C(C)O)C(=O)O. The zero-order valence-electron chi connectivity index (χ0n) is 14.5. The van der Waals surface area contributed by atoms with Crippen molar-refractivity contribution in [2.45, 2.75) is 64.1 Å². The molecule has 6 atom stereocenters. The molecule has 144 valence electrons. The molecule has 0 aromatic carbocycles. The van der Waals surface area contributed by atoms with Crippen LogP contribution in [0.5, 0.6) is 0 Å². The molecule has 0 aliphatic carbocycles. The van der Waals surface area contributed by atoms with Crippen molar-refractivity contribution in [1.82, 2.24) is 16.0 Å². The quantitative estimate of drug-likeness (QED) is 0.221. The largest absolute Gasteiger partial charge is 0.480 e. The Kier molecular flexibility index (Phi) is 9.02. The highest BCUT2D eigenvalue weighted by Gasteiger charge is 2.30. The van der Waals surface area contributed by atoms with E-state index < -0.39 is 60.1 Å². The summed E-state index contributed by atoms with van der Waals surface area (Å²) in [6.45, 7) is 5.09. The van der Waals surface area contributed by atoms with Crippen LogP contribution in [-0.2, 0) is 19.2 Å². The topological polar surface area (TPSA) is 191 Å². The van der Waals surface area contributed by atoms with Gasteiger partial charge in [-0.15, -0.1) is 0 Å². The number of aliphatic carboxylic acids is 1. The molecule has 0 bridgehead atoms. The standard InChI is InChI=1S/C14H26N4O7/c1-5(16-12(22)9(15)7(3)19)11(21)18-10(8(4)20)13(23)17-6(2)14(24)25/h5-10,19-20H,15H2,1-4H3,(H,16,22)(H,17,23)(H,18,21)(H,24,25). The molecule has 6 unspecified atom stereocenters. The molecule has 8 N–H and O–H groups in total. The molecule has 3 amide bonds. The maximum Gasteiger partial charge on any atom is 0.325 e. The summed E-state index contributed by atoms with van der Waals surface area (Å²) < 4.78 is 0. The Morgan fingerprint density at radius 2 is 1.24 bits per heavy atom. The predicted molar refractivity (Wildman–Crippen MR) is 86.1 cm³/mol. The van der Waals surface area contributed by atoms with Gasteiger partial charge in [-0.3, -0.25) is 19.2 Å². The van der Waals surface area contributed by atoms with Crippen molar-refractivity contribution in [3.8, 4) is 0 Å². The molecule has 0 radical (unpaired) electrons. The first-order valence-corrected chi connectivity index (χ1v) is 7.64. The van der Waals surface area contributed by atoms with Crippen molar-refractivity contribution in [2.24, 2.45) is 5.73 Å². The van der Waals surface area contributed by atoms with E-state index in [2.05, 4.69) is 16.0 Å². The van der Waals surface area contributed by atoms with Crippen LogP contribution >= 0.6 is 0 Å². The van der Waals surface area contributed by atoms with Gasteiger partial charge in [-0.2, -0.15) is 0 Å². The molecule has 0 saturated heterocycles. The molecule has 0 saturated carbocycles. The third kappa shape index (κ3) is 7.45. The van der Waals surface area contributed by atoms with Gasteiger partial charge >= 0.3 is 5.97 Å². The lowest BCUT2D eigenvalue weighted by Crippen LogP contribution is -2.59. The van der Waals surface area contributed by atoms with Gasteiger partial charge in [0.1, 0.15) is 24.2 Å². The van der Waals surface area contributed by atoms with Crippen molar-refractivity contribution in [2.75, 3.05) is 0 Å². The van der Waals surface area contributed by atoms with E-state index >= 15 is 0 Å². The van der Waals surface area contributed by atoms with Crippen LogP contribution in [0.2, 0.25) is 0 Å². The van der Waals surface area contributed by atoms with E-state index in [1.54, 1.807) is 0 Å². The molecular weight excluding hydrogens is 336 g/mol. The first-order chi connectivity index (χ1) is 11.4. The van der Waals surface area contributed by atoms with E-state index in [-0.39, 0.29) is 0 Å². The van der Waals surface area contributed by atoms with Gasteiger partial charge in [0.25, 0.3) is 0 Å². The normalized spacial score (nSPS) is 18.0. The number of nitrogens with one attached hydrogen (secondary N) is 3. The second-order valence-electron chi connectivity index (χ2n) is 5.79. The first kappa shape index (κ1) is 22.8. The highest BCUT2D eigenvalue weighted by molar-refractivity contribution is 5.94. The van der Waals surface area contributed by atoms with Crippen LogP contribution in [-0.4, -0.2) is 75.4 Å². The van der Waals surface area contributed by atoms with E-state index in [9.17, 15) is 29.4 Å². The fourth-order valence-corrected chi connectivity index (χ4v) is 1.64. The number of nitrogens with two attached hydrogens (primary N) is 1. The van der Waals surface area contributed by atoms with Gasteiger partial charge in [-0.25, -0.2) is 0 Å². The summed E-state index contributed by atoms with van der Waals surface area (Å²) in [6.07, 6.45) is -2.43. The molecule has 0 heterocycles. The highest BCUT2D eigenvalue weighted by atomic mass is 16.4.